The molecule has 0 spiro atoms. The van der Waals surface area contributed by atoms with Crippen molar-refractivity contribution in [1.29, 1.82) is 0 Å². The highest BCUT2D eigenvalue weighted by molar-refractivity contribution is 7.88. The zero-order valence-corrected chi connectivity index (χ0v) is 9.72. The van der Waals surface area contributed by atoms with Crippen molar-refractivity contribution in [2.24, 2.45) is 0 Å². The van der Waals surface area contributed by atoms with Crippen molar-refractivity contribution in [2.45, 2.75) is 6.10 Å². The first-order valence-corrected chi connectivity index (χ1v) is 6.75. The average Bonchev–Trinajstić information content (AvgIpc) is 2.29. The molecule has 2 heterocycles. The minimum absolute atomic E-state index is 0.300. The summed E-state index contributed by atoms with van der Waals surface area (Å²) < 4.78 is 29.7. The first kappa shape index (κ1) is 11.4. The summed E-state index contributed by atoms with van der Waals surface area (Å²) in [6, 6.07) is 1.73. The smallest absolute Gasteiger partial charge is 0.211 e. The van der Waals surface area contributed by atoms with E-state index >= 15 is 0 Å². The van der Waals surface area contributed by atoms with Crippen molar-refractivity contribution >= 4 is 10.0 Å². The molecule has 1 aliphatic heterocycles. The van der Waals surface area contributed by atoms with E-state index in [-0.39, 0.29) is 6.10 Å². The molecule has 1 saturated heterocycles. The zero-order chi connectivity index (χ0) is 11.6. The number of nitrogens with zero attached hydrogens (tertiary/aromatic N) is 3. The first-order chi connectivity index (χ1) is 7.57. The molecule has 2 rings (SSSR count). The molecule has 7 heteroatoms. The molecule has 1 atom stereocenters. The van der Waals surface area contributed by atoms with Gasteiger partial charge in [0.15, 0.2) is 0 Å². The fourth-order valence-corrected chi connectivity index (χ4v) is 2.41. The van der Waals surface area contributed by atoms with Gasteiger partial charge in [-0.1, -0.05) is 0 Å². The molecule has 0 aliphatic carbocycles. The standard InChI is InChI=1S/C9H13N3O3S/c1-16(13,14)12-4-5-15-9(6-12)8-2-3-10-7-11-8/h2-3,7,9H,4-6H2,1H3. The van der Waals surface area contributed by atoms with Crippen LogP contribution in [-0.4, -0.2) is 48.6 Å². The number of rotatable bonds is 2. The van der Waals surface area contributed by atoms with E-state index in [9.17, 15) is 8.42 Å². The first-order valence-electron chi connectivity index (χ1n) is 4.90. The number of hydrogen-bond acceptors (Lipinski definition) is 5. The summed E-state index contributed by atoms with van der Waals surface area (Å²) in [7, 11) is -3.16. The lowest BCUT2D eigenvalue weighted by Crippen LogP contribution is -2.41. The summed E-state index contributed by atoms with van der Waals surface area (Å²) in [4.78, 5) is 7.87. The van der Waals surface area contributed by atoms with Crippen LogP contribution >= 0.6 is 0 Å². The minimum Gasteiger partial charge on any atom is -0.369 e. The quantitative estimate of drug-likeness (QED) is 0.720. The van der Waals surface area contributed by atoms with Crippen LogP contribution in [0.3, 0.4) is 0 Å². The Bertz CT molecular complexity index is 448. The molecule has 0 N–H and O–H groups in total. The molecular weight excluding hydrogens is 230 g/mol. The Morgan fingerprint density at radius 1 is 1.56 bits per heavy atom. The summed E-state index contributed by atoms with van der Waals surface area (Å²) in [5.41, 5.74) is 0.711. The van der Waals surface area contributed by atoms with Gasteiger partial charge < -0.3 is 4.74 Å². The lowest BCUT2D eigenvalue weighted by Gasteiger charge is -2.30. The predicted octanol–water partition coefficient (Wildman–Crippen LogP) is -0.191. The molecule has 0 bridgehead atoms. The highest BCUT2D eigenvalue weighted by atomic mass is 32.2. The molecule has 1 aromatic rings. The Kier molecular flexibility index (Phi) is 3.17. The van der Waals surface area contributed by atoms with Crippen LogP contribution < -0.4 is 0 Å². The lowest BCUT2D eigenvalue weighted by molar-refractivity contribution is -0.00480. The van der Waals surface area contributed by atoms with Crippen LogP contribution in [0.4, 0.5) is 0 Å². The van der Waals surface area contributed by atoms with Crippen molar-refractivity contribution < 1.29 is 13.2 Å². The van der Waals surface area contributed by atoms with Crippen LogP contribution in [0.5, 0.6) is 0 Å². The Morgan fingerprint density at radius 3 is 3.00 bits per heavy atom. The van der Waals surface area contributed by atoms with E-state index in [2.05, 4.69) is 9.97 Å². The lowest BCUT2D eigenvalue weighted by atomic mass is 10.2. The molecular formula is C9H13N3O3S. The summed E-state index contributed by atoms with van der Waals surface area (Å²) in [6.45, 7) is 1.11. The van der Waals surface area contributed by atoms with Crippen LogP contribution in [0, 0.1) is 0 Å². The van der Waals surface area contributed by atoms with Gasteiger partial charge in [-0.2, -0.15) is 4.31 Å². The number of aromatic nitrogens is 2. The molecule has 0 aromatic carbocycles. The van der Waals surface area contributed by atoms with Gasteiger partial charge in [0.25, 0.3) is 0 Å². The average molecular weight is 243 g/mol. The Hall–Kier alpha value is -1.05. The maximum atomic E-state index is 11.4. The number of hydrogen-bond donors (Lipinski definition) is 0. The van der Waals surface area contributed by atoms with E-state index in [0.717, 1.165) is 0 Å². The van der Waals surface area contributed by atoms with Crippen LogP contribution in [0.25, 0.3) is 0 Å². The summed E-state index contributed by atoms with van der Waals surface area (Å²) >= 11 is 0. The molecule has 1 aliphatic rings. The van der Waals surface area contributed by atoms with E-state index in [1.54, 1.807) is 12.3 Å². The van der Waals surface area contributed by atoms with E-state index in [1.807, 2.05) is 0 Å². The van der Waals surface area contributed by atoms with Gasteiger partial charge in [0.2, 0.25) is 10.0 Å². The van der Waals surface area contributed by atoms with E-state index in [4.69, 9.17) is 4.74 Å². The third-order valence-electron chi connectivity index (χ3n) is 2.43. The third kappa shape index (κ3) is 2.55. The van der Waals surface area contributed by atoms with Crippen molar-refractivity contribution in [3.8, 4) is 0 Å². The number of ether oxygens (including phenoxy) is 1. The van der Waals surface area contributed by atoms with Crippen LogP contribution in [0.1, 0.15) is 11.8 Å². The maximum absolute atomic E-state index is 11.4. The zero-order valence-electron chi connectivity index (χ0n) is 8.91. The predicted molar refractivity (Wildman–Crippen MR) is 57.1 cm³/mol. The summed E-state index contributed by atoms with van der Waals surface area (Å²) in [5.74, 6) is 0. The summed E-state index contributed by atoms with van der Waals surface area (Å²) in [5, 5.41) is 0. The second-order valence-corrected chi connectivity index (χ2v) is 5.60. The number of sulfonamides is 1. The highest BCUT2D eigenvalue weighted by Gasteiger charge is 2.27. The van der Waals surface area contributed by atoms with Gasteiger partial charge in [-0.15, -0.1) is 0 Å². The van der Waals surface area contributed by atoms with Crippen molar-refractivity contribution in [3.05, 3.63) is 24.3 Å². The van der Waals surface area contributed by atoms with Gasteiger partial charge in [0, 0.05) is 19.3 Å². The fourth-order valence-electron chi connectivity index (χ4n) is 1.60. The van der Waals surface area contributed by atoms with Gasteiger partial charge in [-0.3, -0.25) is 0 Å². The maximum Gasteiger partial charge on any atom is 0.211 e. The summed E-state index contributed by atoms with van der Waals surface area (Å²) in [6.07, 6.45) is 3.95. The fraction of sp³-hybridized carbons (Fsp3) is 0.556. The van der Waals surface area contributed by atoms with Crippen LogP contribution in [0.15, 0.2) is 18.6 Å². The second kappa shape index (κ2) is 4.44. The van der Waals surface area contributed by atoms with E-state index in [1.165, 1.54) is 16.9 Å². The molecule has 6 nitrogen and oxygen atoms in total. The van der Waals surface area contributed by atoms with Gasteiger partial charge >= 0.3 is 0 Å². The second-order valence-electron chi connectivity index (χ2n) is 3.61. The third-order valence-corrected chi connectivity index (χ3v) is 3.70. The van der Waals surface area contributed by atoms with Gasteiger partial charge in [-0.25, -0.2) is 18.4 Å². The van der Waals surface area contributed by atoms with E-state index < -0.39 is 10.0 Å². The van der Waals surface area contributed by atoms with Gasteiger partial charge in [0.1, 0.15) is 12.4 Å². The van der Waals surface area contributed by atoms with Crippen LogP contribution in [0.2, 0.25) is 0 Å². The molecule has 0 radical (unpaired) electrons. The van der Waals surface area contributed by atoms with Gasteiger partial charge in [-0.05, 0) is 6.07 Å². The molecule has 16 heavy (non-hydrogen) atoms. The Balaban J connectivity index is 2.14. The topological polar surface area (TPSA) is 72.4 Å². The normalized spacial score (nSPS) is 23.2. The molecule has 0 amide bonds. The molecule has 1 aromatic heterocycles. The SMILES string of the molecule is CS(=O)(=O)N1CCOC(c2ccncn2)C1. The van der Waals surface area contributed by atoms with Gasteiger partial charge in [0.05, 0.1) is 18.6 Å². The van der Waals surface area contributed by atoms with E-state index in [0.29, 0.717) is 25.4 Å². The molecule has 1 unspecified atom stereocenters. The monoisotopic (exact) mass is 243 g/mol. The Labute approximate surface area is 94.3 Å². The Morgan fingerprint density at radius 2 is 2.38 bits per heavy atom. The van der Waals surface area contributed by atoms with Crippen molar-refractivity contribution in [2.75, 3.05) is 26.0 Å². The minimum atomic E-state index is -3.16. The highest BCUT2D eigenvalue weighted by Crippen LogP contribution is 2.21. The van der Waals surface area contributed by atoms with Crippen molar-refractivity contribution in [3.63, 3.8) is 0 Å². The largest absolute Gasteiger partial charge is 0.369 e. The van der Waals surface area contributed by atoms with Crippen LogP contribution in [-0.2, 0) is 14.8 Å². The van der Waals surface area contributed by atoms with Crippen molar-refractivity contribution in [1.82, 2.24) is 14.3 Å². The molecule has 88 valence electrons. The number of morpholine rings is 1. The molecule has 0 saturated carbocycles. The molecule has 1 fully saturated rings.